The first-order valence-electron chi connectivity index (χ1n) is 24.3. The Hall–Kier alpha value is 0.910. The van der Waals surface area contributed by atoms with Gasteiger partial charge < -0.3 is 19.2 Å². The van der Waals surface area contributed by atoms with Crippen molar-refractivity contribution >= 4 is 26.8 Å². The number of hydrogen-bond acceptors (Lipinski definition) is 8. The van der Waals surface area contributed by atoms with Crippen molar-refractivity contribution in [3.05, 3.63) is 12.2 Å². The Morgan fingerprint density at radius 1 is 0.484 bits per heavy atom. The number of hydrogen-bond donors (Lipinski definition) is 3. The van der Waals surface area contributed by atoms with Crippen molar-refractivity contribution in [2.24, 2.45) is 11.8 Å². The van der Waals surface area contributed by atoms with Gasteiger partial charge in [0.1, 0.15) is 0 Å². The van der Waals surface area contributed by atoms with Crippen LogP contribution in [-0.4, -0.2) is 54.2 Å². The average Bonchev–Trinajstić information content (AvgIpc) is 3.15. The van der Waals surface area contributed by atoms with Gasteiger partial charge in [0.25, 0.3) is 0 Å². The molecule has 0 aromatic rings. The Labute approximate surface area is 428 Å². The van der Waals surface area contributed by atoms with Gasteiger partial charge in [0.15, 0.2) is 0 Å². The van der Waals surface area contributed by atoms with Crippen LogP contribution in [0, 0.1) is 11.8 Å². The molecule has 15 heteroatoms. The number of carbonyl (C=O) groups excluding carboxylic acids is 1. The molecule has 0 aromatic heterocycles. The summed E-state index contributed by atoms with van der Waals surface area (Å²) >= 11 is 0. The van der Waals surface area contributed by atoms with Crippen molar-refractivity contribution in [1.29, 1.82) is 0 Å². The number of aliphatic carboxylic acids is 1. The Morgan fingerprint density at radius 3 is 0.952 bits per heavy atom. The molecule has 0 aliphatic rings. The van der Waals surface area contributed by atoms with Gasteiger partial charge in [0, 0.05) is 25.1 Å². The number of unbranched alkanes of at least 4 members (excludes halogenated alkanes) is 30. The van der Waals surface area contributed by atoms with Gasteiger partial charge in [-0.2, -0.15) is 8.42 Å². The van der Waals surface area contributed by atoms with E-state index in [0.29, 0.717) is 0 Å². The van der Waals surface area contributed by atoms with E-state index in [1.54, 1.807) is 0 Å². The van der Waals surface area contributed by atoms with Crippen molar-refractivity contribution in [2.45, 2.75) is 259 Å². The van der Waals surface area contributed by atoms with Gasteiger partial charge >= 0.3 is 69.5 Å². The SMILES string of the molecule is CCCCCCCCC=CCCCCCCC(C(=O)[O-])C(C)C.CCCCCCCCCCCCCOCCCCCCCCCCCCC.O=S(=O)(O)O.O=S(=O)([O-])O.[Na+].[Na+]. The van der Waals surface area contributed by atoms with Crippen LogP contribution in [-0.2, 0) is 30.3 Å². The van der Waals surface area contributed by atoms with Crippen LogP contribution in [0.1, 0.15) is 259 Å². The first-order chi connectivity index (χ1) is 28.5. The third kappa shape index (κ3) is 91.4. The van der Waals surface area contributed by atoms with Gasteiger partial charge in [-0.25, -0.2) is 8.42 Å². The zero-order valence-corrected chi connectivity index (χ0v) is 47.0. The van der Waals surface area contributed by atoms with Crippen LogP contribution in [0.2, 0.25) is 0 Å². The number of allylic oxidation sites excluding steroid dienone is 2. The topological polar surface area (TPSA) is 201 Å². The van der Waals surface area contributed by atoms with E-state index in [9.17, 15) is 9.90 Å². The third-order valence-electron chi connectivity index (χ3n) is 10.4. The van der Waals surface area contributed by atoms with Crippen LogP contribution in [0.3, 0.4) is 0 Å². The Balaban J connectivity index is -0.000000203. The van der Waals surface area contributed by atoms with Crippen LogP contribution in [0.4, 0.5) is 0 Å². The maximum Gasteiger partial charge on any atom is 1.00 e. The predicted octanol–water partition coefficient (Wildman–Crippen LogP) is 7.64. The maximum absolute atomic E-state index is 11.0. The van der Waals surface area contributed by atoms with Gasteiger partial charge in [-0.05, 0) is 50.9 Å². The fraction of sp³-hybridized carbons (Fsp3) is 0.936. The summed E-state index contributed by atoms with van der Waals surface area (Å²) < 4.78 is 70.2. The summed E-state index contributed by atoms with van der Waals surface area (Å²) in [5.74, 6) is -0.963. The average molecular weight is 947 g/mol. The molecule has 0 bridgehead atoms. The van der Waals surface area contributed by atoms with Gasteiger partial charge in [0.2, 0.25) is 10.4 Å². The number of rotatable bonds is 40. The Kier molecular flexibility index (Phi) is 72.0. The zero-order chi connectivity index (χ0) is 46.0. The van der Waals surface area contributed by atoms with Crippen molar-refractivity contribution < 1.29 is 109 Å². The molecule has 0 radical (unpaired) electrons. The minimum Gasteiger partial charge on any atom is -0.726 e. The summed E-state index contributed by atoms with van der Waals surface area (Å²) in [6.45, 7) is 12.8. The molecule has 364 valence electrons. The van der Waals surface area contributed by atoms with Crippen molar-refractivity contribution in [3.8, 4) is 0 Å². The quantitative estimate of drug-likeness (QED) is 0.0179. The zero-order valence-electron chi connectivity index (χ0n) is 41.4. The Morgan fingerprint density at radius 2 is 0.710 bits per heavy atom. The first-order valence-corrected chi connectivity index (χ1v) is 27.1. The second kappa shape index (κ2) is 59.9. The van der Waals surface area contributed by atoms with E-state index in [4.69, 9.17) is 39.8 Å². The van der Waals surface area contributed by atoms with Crippen molar-refractivity contribution in [3.63, 3.8) is 0 Å². The van der Waals surface area contributed by atoms with Gasteiger partial charge in [-0.15, -0.1) is 0 Å². The third-order valence-corrected chi connectivity index (χ3v) is 10.4. The van der Waals surface area contributed by atoms with Crippen molar-refractivity contribution in [2.75, 3.05) is 13.2 Å². The molecule has 0 saturated carbocycles. The first kappa shape index (κ1) is 74.4. The van der Waals surface area contributed by atoms with E-state index in [2.05, 4.69) is 32.9 Å². The molecular formula is C47H96Na2O11S2. The number of carboxylic acids is 1. The molecule has 0 rings (SSSR count). The van der Waals surface area contributed by atoms with E-state index < -0.39 is 26.8 Å². The number of carbonyl (C=O) groups is 1. The van der Waals surface area contributed by atoms with Crippen LogP contribution in [0.15, 0.2) is 12.2 Å². The molecule has 0 saturated heterocycles. The van der Waals surface area contributed by atoms with Crippen LogP contribution in [0.25, 0.3) is 0 Å². The van der Waals surface area contributed by atoms with E-state index in [0.717, 1.165) is 32.5 Å². The molecule has 0 aliphatic heterocycles. The van der Waals surface area contributed by atoms with Gasteiger partial charge in [-0.3, -0.25) is 13.7 Å². The summed E-state index contributed by atoms with van der Waals surface area (Å²) in [6, 6.07) is 0. The Bertz CT molecular complexity index is 1020. The molecule has 0 aliphatic carbocycles. The molecule has 62 heavy (non-hydrogen) atoms. The van der Waals surface area contributed by atoms with Crippen LogP contribution >= 0.6 is 0 Å². The molecule has 0 amide bonds. The molecule has 0 fully saturated rings. The van der Waals surface area contributed by atoms with E-state index in [1.807, 2.05) is 13.8 Å². The maximum atomic E-state index is 11.0. The van der Waals surface area contributed by atoms with Crippen LogP contribution < -0.4 is 64.2 Å². The molecule has 0 aromatic carbocycles. The summed E-state index contributed by atoms with van der Waals surface area (Å²) in [5.41, 5.74) is 0. The molecule has 11 nitrogen and oxygen atoms in total. The molecule has 1 atom stereocenters. The fourth-order valence-corrected chi connectivity index (χ4v) is 6.82. The van der Waals surface area contributed by atoms with E-state index in [-0.39, 0.29) is 71.0 Å². The molecule has 0 spiro atoms. The largest absolute Gasteiger partial charge is 1.00 e. The minimum atomic E-state index is -4.92. The predicted molar refractivity (Wildman–Crippen MR) is 248 cm³/mol. The number of carboxylic acid groups (broad SMARTS) is 1. The second-order valence-corrected chi connectivity index (χ2v) is 18.5. The summed E-state index contributed by atoms with van der Waals surface area (Å²) in [4.78, 5) is 11.0. The van der Waals surface area contributed by atoms with Gasteiger partial charge in [0.05, 0.1) is 0 Å². The van der Waals surface area contributed by atoms with Crippen LogP contribution in [0.5, 0.6) is 0 Å². The number of ether oxygens (including phenoxy) is 1. The van der Waals surface area contributed by atoms with Gasteiger partial charge in [-0.1, -0.05) is 227 Å². The molecule has 1 unspecified atom stereocenters. The normalized spacial score (nSPS) is 11.6. The van der Waals surface area contributed by atoms with Crippen molar-refractivity contribution in [1.82, 2.24) is 0 Å². The second-order valence-electron chi connectivity index (χ2n) is 16.7. The molecule has 0 heterocycles. The fourth-order valence-electron chi connectivity index (χ4n) is 6.82. The summed E-state index contributed by atoms with van der Waals surface area (Å²) in [6.07, 6.45) is 51.8. The smallest absolute Gasteiger partial charge is 0.726 e. The van der Waals surface area contributed by atoms with E-state index >= 15 is 0 Å². The molecule has 3 N–H and O–H groups in total. The monoisotopic (exact) mass is 947 g/mol. The standard InChI is InChI=1S/C26H54O.C21H40O2.2Na.2H2O4S/c1-3-5-7-9-11-13-15-17-19-21-23-25-27-26-24-22-20-18-16-14-12-10-8-6-4-2;1-4-5-6-7-8-9-10-11-12-13-14-15-16-17-18-20(19(2)3)21(22)23;;;2*1-5(2,3)4/h3-26H2,1-2H3;11-12,19-20H,4-10,13-18H2,1-3H3,(H,22,23);;;2*(H2,1,2,3,4)/q;;2*+1;;/p-2. The summed E-state index contributed by atoms with van der Waals surface area (Å²) in [5, 5.41) is 11.0. The van der Waals surface area contributed by atoms with E-state index in [1.165, 1.54) is 205 Å². The minimum absolute atomic E-state index is 0. The molecular weight excluding hydrogens is 851 g/mol. The summed E-state index contributed by atoms with van der Waals surface area (Å²) in [7, 11) is -9.58.